The lowest BCUT2D eigenvalue weighted by atomic mass is 9.77. The van der Waals surface area contributed by atoms with E-state index in [1.54, 1.807) is 0 Å². The van der Waals surface area contributed by atoms with Crippen molar-refractivity contribution in [2.45, 2.75) is 32.0 Å². The van der Waals surface area contributed by atoms with Gasteiger partial charge >= 0.3 is 5.97 Å². The normalized spacial score (nSPS) is 12.2. The van der Waals surface area contributed by atoms with E-state index in [1.807, 2.05) is 91.3 Å². The molecule has 230 valence electrons. The summed E-state index contributed by atoms with van der Waals surface area (Å²) < 4.78 is 7.03. The van der Waals surface area contributed by atoms with E-state index in [4.69, 9.17) is 15.0 Å². The molecule has 6 aromatic rings. The van der Waals surface area contributed by atoms with Gasteiger partial charge in [0.05, 0.1) is 7.11 Å². The molecule has 0 radical (unpaired) electrons. The van der Waals surface area contributed by atoms with Crippen LogP contribution in [0.3, 0.4) is 0 Å². The minimum atomic E-state index is -0.890. The summed E-state index contributed by atoms with van der Waals surface area (Å²) in [6.07, 6.45) is 0. The molecule has 7 nitrogen and oxygen atoms in total. The predicted molar refractivity (Wildman–Crippen MR) is 181 cm³/mol. The third-order valence-electron chi connectivity index (χ3n) is 8.42. The molecular formula is C39H37N5O2. The van der Waals surface area contributed by atoms with Crippen LogP contribution in [-0.2, 0) is 21.6 Å². The number of hydrogen-bond donors (Lipinski definition) is 1. The summed E-state index contributed by atoms with van der Waals surface area (Å²) in [6, 6.07) is 47.3. The molecule has 0 bridgehead atoms. The minimum Gasteiger partial charge on any atom is -0.468 e. The lowest BCUT2D eigenvalue weighted by Crippen LogP contribution is -2.41. The van der Waals surface area contributed by atoms with Crippen molar-refractivity contribution in [1.82, 2.24) is 25.5 Å². The van der Waals surface area contributed by atoms with Crippen molar-refractivity contribution in [2.24, 2.45) is 5.92 Å². The van der Waals surface area contributed by atoms with Crippen LogP contribution >= 0.6 is 0 Å². The van der Waals surface area contributed by atoms with Crippen molar-refractivity contribution in [3.63, 3.8) is 0 Å². The largest absolute Gasteiger partial charge is 0.468 e. The summed E-state index contributed by atoms with van der Waals surface area (Å²) in [7, 11) is 1.42. The van der Waals surface area contributed by atoms with Crippen LogP contribution in [0.4, 0.5) is 0 Å². The quantitative estimate of drug-likeness (QED) is 0.125. The third-order valence-corrected chi connectivity index (χ3v) is 8.42. The number of hydrogen-bond acceptors (Lipinski definition) is 6. The monoisotopic (exact) mass is 607 g/mol. The average molecular weight is 608 g/mol. The van der Waals surface area contributed by atoms with Gasteiger partial charge in [0.1, 0.15) is 11.6 Å². The molecule has 0 aliphatic rings. The Labute approximate surface area is 269 Å². The van der Waals surface area contributed by atoms with Gasteiger partial charge in [0, 0.05) is 12.1 Å². The molecule has 46 heavy (non-hydrogen) atoms. The van der Waals surface area contributed by atoms with Crippen LogP contribution in [0.25, 0.3) is 22.5 Å². The molecule has 6 rings (SSSR count). The van der Waals surface area contributed by atoms with Crippen LogP contribution < -0.4 is 5.32 Å². The van der Waals surface area contributed by atoms with Gasteiger partial charge in [0.2, 0.25) is 0 Å². The van der Waals surface area contributed by atoms with Crippen LogP contribution in [0.1, 0.15) is 36.1 Å². The average Bonchev–Trinajstić information content (AvgIpc) is 3.60. The maximum atomic E-state index is 12.5. The number of nitrogens with one attached hydrogen (secondary N) is 1. The number of nitrogens with zero attached hydrogens (tertiary/aromatic N) is 4. The maximum absolute atomic E-state index is 12.5. The summed E-state index contributed by atoms with van der Waals surface area (Å²) in [4.78, 5) is 12.5. The number of carbonyl (C=O) groups excluding carboxylic acids is 1. The van der Waals surface area contributed by atoms with E-state index in [0.717, 1.165) is 38.9 Å². The molecule has 0 fully saturated rings. The highest BCUT2D eigenvalue weighted by molar-refractivity contribution is 5.81. The Kier molecular flexibility index (Phi) is 9.13. The van der Waals surface area contributed by atoms with Crippen molar-refractivity contribution in [2.75, 3.05) is 7.11 Å². The van der Waals surface area contributed by atoms with Crippen molar-refractivity contribution in [3.05, 3.63) is 162 Å². The van der Waals surface area contributed by atoms with Crippen molar-refractivity contribution < 1.29 is 9.53 Å². The highest BCUT2D eigenvalue weighted by atomic mass is 16.5. The first kappa shape index (κ1) is 30.6. The lowest BCUT2D eigenvalue weighted by Gasteiger charge is -2.36. The first-order valence-electron chi connectivity index (χ1n) is 15.5. The van der Waals surface area contributed by atoms with Gasteiger partial charge in [-0.15, -0.1) is 5.10 Å². The SMILES string of the molecule is COC(=O)[C@@H](NCc1ccc(-c2ccccc2)c(-c2nnnn2C(c2ccccc2)(c2ccccc2)c2ccccc2)c1)C(C)C. The van der Waals surface area contributed by atoms with E-state index in [9.17, 15) is 4.79 Å². The van der Waals surface area contributed by atoms with Gasteiger partial charge in [0.25, 0.3) is 0 Å². The molecule has 1 aromatic heterocycles. The summed E-state index contributed by atoms with van der Waals surface area (Å²) in [6.45, 7) is 4.47. The molecule has 7 heteroatoms. The Morgan fingerprint density at radius 3 is 1.76 bits per heavy atom. The predicted octanol–water partition coefficient (Wildman–Crippen LogP) is 7.13. The van der Waals surface area contributed by atoms with Crippen molar-refractivity contribution in [3.8, 4) is 22.5 Å². The molecule has 1 atom stereocenters. The van der Waals surface area contributed by atoms with Crippen molar-refractivity contribution in [1.29, 1.82) is 0 Å². The fourth-order valence-corrected chi connectivity index (χ4v) is 6.19. The summed E-state index contributed by atoms with van der Waals surface area (Å²) in [5.41, 5.74) is 6.10. The Hall–Kier alpha value is -5.40. The number of aromatic nitrogens is 4. The molecule has 0 amide bonds. The molecule has 1 heterocycles. The standard InChI is InChI=1S/C39H37N5O2/c1-28(2)36(38(45)46-3)40-27-29-24-25-34(30-16-8-4-9-17-30)35(26-29)37-41-42-43-44(37)39(31-18-10-5-11-19-31,32-20-12-6-13-21-32)33-22-14-7-15-23-33/h4-26,28,36,40H,27H2,1-3H3/t36-/m0/s1. The highest BCUT2D eigenvalue weighted by Crippen LogP contribution is 2.43. The molecular weight excluding hydrogens is 570 g/mol. The van der Waals surface area contributed by atoms with Gasteiger partial charge in [-0.1, -0.05) is 147 Å². The lowest BCUT2D eigenvalue weighted by molar-refractivity contribution is -0.144. The van der Waals surface area contributed by atoms with Gasteiger partial charge in [-0.25, -0.2) is 4.68 Å². The summed E-state index contributed by atoms with van der Waals surface area (Å²) in [5.74, 6) is 0.398. The fraction of sp³-hybridized carbons (Fsp3) is 0.179. The zero-order valence-corrected chi connectivity index (χ0v) is 26.2. The molecule has 0 unspecified atom stereocenters. The zero-order chi connectivity index (χ0) is 31.9. The van der Waals surface area contributed by atoms with Gasteiger partial charge in [-0.2, -0.15) is 0 Å². The zero-order valence-electron chi connectivity index (χ0n) is 26.2. The Bertz CT molecular complexity index is 1780. The van der Waals surface area contributed by atoms with E-state index in [2.05, 4.69) is 77.3 Å². The van der Waals surface area contributed by atoms with E-state index < -0.39 is 11.6 Å². The van der Waals surface area contributed by atoms with Crippen LogP contribution in [-0.4, -0.2) is 39.3 Å². The molecule has 0 aliphatic heterocycles. The molecule has 5 aromatic carbocycles. The molecule has 0 saturated heterocycles. The second-order valence-electron chi connectivity index (χ2n) is 11.6. The van der Waals surface area contributed by atoms with Crippen LogP contribution in [0, 0.1) is 5.92 Å². The van der Waals surface area contributed by atoms with Gasteiger partial charge in [-0.3, -0.25) is 4.79 Å². The summed E-state index contributed by atoms with van der Waals surface area (Å²) in [5, 5.41) is 17.2. The maximum Gasteiger partial charge on any atom is 0.323 e. The van der Waals surface area contributed by atoms with Crippen LogP contribution in [0.2, 0.25) is 0 Å². The van der Waals surface area contributed by atoms with Crippen LogP contribution in [0.15, 0.2) is 140 Å². The molecule has 0 aliphatic carbocycles. The number of carbonyl (C=O) groups is 1. The van der Waals surface area contributed by atoms with Gasteiger partial charge in [-0.05, 0) is 55.8 Å². The number of rotatable bonds is 11. The van der Waals surface area contributed by atoms with E-state index >= 15 is 0 Å². The van der Waals surface area contributed by atoms with Gasteiger partial charge < -0.3 is 10.1 Å². The third kappa shape index (κ3) is 5.85. The number of tetrazole rings is 1. The Morgan fingerprint density at radius 1 is 0.739 bits per heavy atom. The topological polar surface area (TPSA) is 81.9 Å². The Balaban J connectivity index is 1.59. The molecule has 0 saturated carbocycles. The minimum absolute atomic E-state index is 0.0612. The van der Waals surface area contributed by atoms with E-state index in [-0.39, 0.29) is 11.9 Å². The highest BCUT2D eigenvalue weighted by Gasteiger charge is 2.42. The molecule has 1 N–H and O–H groups in total. The van der Waals surface area contributed by atoms with Gasteiger partial charge in [0.15, 0.2) is 5.82 Å². The second-order valence-corrected chi connectivity index (χ2v) is 11.6. The summed E-state index contributed by atoms with van der Waals surface area (Å²) >= 11 is 0. The smallest absolute Gasteiger partial charge is 0.323 e. The second kappa shape index (κ2) is 13.7. The van der Waals surface area contributed by atoms with E-state index in [0.29, 0.717) is 12.4 Å². The number of methoxy groups -OCH3 is 1. The first-order chi connectivity index (χ1) is 22.5. The first-order valence-corrected chi connectivity index (χ1v) is 15.5. The van der Waals surface area contributed by atoms with E-state index in [1.165, 1.54) is 7.11 Å². The number of benzene rings is 5. The van der Waals surface area contributed by atoms with Crippen molar-refractivity contribution >= 4 is 5.97 Å². The number of esters is 1. The van der Waals surface area contributed by atoms with Crippen LogP contribution in [0.5, 0.6) is 0 Å². The fourth-order valence-electron chi connectivity index (χ4n) is 6.19. The number of ether oxygens (including phenoxy) is 1. The molecule has 0 spiro atoms. The Morgan fingerprint density at radius 2 is 1.26 bits per heavy atom.